The first-order chi connectivity index (χ1) is 13.5. The van der Waals surface area contributed by atoms with Crippen molar-refractivity contribution < 1.29 is 9.53 Å². The van der Waals surface area contributed by atoms with E-state index in [4.69, 9.17) is 15.5 Å². The van der Waals surface area contributed by atoms with Gasteiger partial charge in [-0.15, -0.1) is 0 Å². The van der Waals surface area contributed by atoms with Crippen molar-refractivity contribution in [3.8, 4) is 5.75 Å². The van der Waals surface area contributed by atoms with Gasteiger partial charge in [0, 0.05) is 37.1 Å². The number of aromatic nitrogens is 2. The van der Waals surface area contributed by atoms with E-state index in [1.807, 2.05) is 25.3 Å². The van der Waals surface area contributed by atoms with Crippen LogP contribution >= 0.6 is 0 Å². The molecule has 0 atom stereocenters. The average Bonchev–Trinajstić information content (AvgIpc) is 3.04. The lowest BCUT2D eigenvalue weighted by atomic mass is 9.77. The normalized spacial score (nSPS) is 18.2. The van der Waals surface area contributed by atoms with E-state index in [-0.39, 0.29) is 11.3 Å². The first-order valence-electron chi connectivity index (χ1n) is 9.58. The maximum absolute atomic E-state index is 12.2. The molecule has 148 valence electrons. The predicted octanol–water partition coefficient (Wildman–Crippen LogP) is 2.23. The summed E-state index contributed by atoms with van der Waals surface area (Å²) in [6.07, 6.45) is 4.48. The summed E-state index contributed by atoms with van der Waals surface area (Å²) in [6.45, 7) is 4.45. The van der Waals surface area contributed by atoms with Crippen LogP contribution in [0.5, 0.6) is 5.75 Å². The number of nitrogens with two attached hydrogens (primary N) is 1. The molecule has 0 bridgehead atoms. The third-order valence-electron chi connectivity index (χ3n) is 5.82. The molecule has 2 aliphatic rings. The zero-order chi connectivity index (χ0) is 19.7. The van der Waals surface area contributed by atoms with Crippen LogP contribution in [-0.2, 0) is 4.79 Å². The molecule has 1 aromatic heterocycles. The maximum atomic E-state index is 12.2. The van der Waals surface area contributed by atoms with Gasteiger partial charge in [0.05, 0.1) is 18.2 Å². The molecule has 2 aliphatic heterocycles. The lowest BCUT2D eigenvalue weighted by Gasteiger charge is -2.38. The topological polar surface area (TPSA) is 105 Å². The number of amides is 1. The first kappa shape index (κ1) is 18.3. The zero-order valence-corrected chi connectivity index (χ0v) is 16.3. The number of rotatable bonds is 4. The number of nitrogens with zero attached hydrogens (tertiary/aromatic N) is 3. The number of benzene rings is 1. The molecule has 2 aromatic rings. The van der Waals surface area contributed by atoms with Crippen molar-refractivity contribution in [3.63, 3.8) is 0 Å². The predicted molar refractivity (Wildman–Crippen MR) is 109 cm³/mol. The minimum atomic E-state index is -0.181. The van der Waals surface area contributed by atoms with E-state index < -0.39 is 0 Å². The molecule has 1 aromatic carbocycles. The molecule has 8 nitrogen and oxygen atoms in total. The highest BCUT2D eigenvalue weighted by molar-refractivity contribution is 5.85. The summed E-state index contributed by atoms with van der Waals surface area (Å²) < 4.78 is 5.19. The molecule has 1 spiro atoms. The Hall–Kier alpha value is -3.03. The Kier molecular flexibility index (Phi) is 4.70. The minimum absolute atomic E-state index is 0.181. The van der Waals surface area contributed by atoms with Gasteiger partial charge in [-0.2, -0.15) is 4.98 Å². The molecule has 4 rings (SSSR count). The summed E-state index contributed by atoms with van der Waals surface area (Å²) in [5.41, 5.74) is 8.17. The van der Waals surface area contributed by atoms with Crippen LogP contribution in [-0.4, -0.2) is 42.6 Å². The molecule has 1 amide bonds. The molecule has 0 aliphatic carbocycles. The number of nitrogen functional groups attached to an aromatic ring is 1. The summed E-state index contributed by atoms with van der Waals surface area (Å²) in [5, 5.41) is 6.19. The van der Waals surface area contributed by atoms with Crippen LogP contribution < -0.4 is 26.0 Å². The van der Waals surface area contributed by atoms with E-state index in [1.165, 1.54) is 0 Å². The largest absolute Gasteiger partial charge is 0.495 e. The van der Waals surface area contributed by atoms with E-state index >= 15 is 0 Å². The van der Waals surface area contributed by atoms with E-state index in [0.29, 0.717) is 17.4 Å². The summed E-state index contributed by atoms with van der Waals surface area (Å²) in [4.78, 5) is 23.6. The summed E-state index contributed by atoms with van der Waals surface area (Å²) in [6, 6.07) is 5.48. The quantitative estimate of drug-likeness (QED) is 0.696. The molecular formula is C20H26N6O2. The number of carbonyl (C=O) groups excluding carboxylic acids is 1. The van der Waals surface area contributed by atoms with Gasteiger partial charge < -0.3 is 26.0 Å². The zero-order valence-electron chi connectivity index (χ0n) is 16.3. The lowest BCUT2D eigenvalue weighted by Crippen LogP contribution is -2.44. The fourth-order valence-electron chi connectivity index (χ4n) is 4.09. The Morgan fingerprint density at radius 1 is 1.29 bits per heavy atom. The van der Waals surface area contributed by atoms with E-state index in [1.54, 1.807) is 13.2 Å². The van der Waals surface area contributed by atoms with E-state index in [0.717, 1.165) is 56.0 Å². The number of methoxy groups -OCH3 is 1. The average molecular weight is 382 g/mol. The number of anilines is 4. The van der Waals surface area contributed by atoms with E-state index in [2.05, 4.69) is 20.5 Å². The highest BCUT2D eigenvalue weighted by Gasteiger charge is 2.44. The lowest BCUT2D eigenvalue weighted by molar-refractivity contribution is -0.128. The number of hydrogen-bond acceptors (Lipinski definition) is 7. The van der Waals surface area contributed by atoms with Crippen LogP contribution in [0.25, 0.3) is 0 Å². The third kappa shape index (κ3) is 3.30. The number of nitrogens with one attached hydrogen (secondary N) is 2. The number of piperidine rings is 1. The second-order valence-electron chi connectivity index (χ2n) is 7.56. The Labute approximate surface area is 164 Å². The fraction of sp³-hybridized carbons (Fsp3) is 0.450. The van der Waals surface area contributed by atoms with Crippen molar-refractivity contribution in [2.45, 2.75) is 26.2 Å². The standard InChI is InChI=1S/C20H26N6O2/c1-13-12-23-19(24-14-3-4-16(28-2)15(21)11-14)25-17(13)26-9-6-20(7-10-26)5-8-22-18(20)27/h3-4,11-12H,5-10,21H2,1-2H3,(H,22,27)(H,23,24,25). The van der Waals surface area contributed by atoms with Gasteiger partial charge in [-0.05, 0) is 44.4 Å². The van der Waals surface area contributed by atoms with Crippen molar-refractivity contribution in [2.75, 3.05) is 42.7 Å². The Bertz CT molecular complexity index is 892. The van der Waals surface area contributed by atoms with Gasteiger partial charge in [-0.3, -0.25) is 4.79 Å². The van der Waals surface area contributed by atoms with Gasteiger partial charge in [-0.25, -0.2) is 4.98 Å². The number of ether oxygens (including phenoxy) is 1. The fourth-order valence-corrected chi connectivity index (χ4v) is 4.09. The van der Waals surface area contributed by atoms with Crippen LogP contribution in [0.2, 0.25) is 0 Å². The molecule has 2 fully saturated rings. The molecule has 3 heterocycles. The highest BCUT2D eigenvalue weighted by Crippen LogP contribution is 2.39. The first-order valence-corrected chi connectivity index (χ1v) is 9.58. The Morgan fingerprint density at radius 3 is 2.71 bits per heavy atom. The maximum Gasteiger partial charge on any atom is 0.229 e. The van der Waals surface area contributed by atoms with Crippen LogP contribution in [0.15, 0.2) is 24.4 Å². The van der Waals surface area contributed by atoms with Crippen molar-refractivity contribution in [1.82, 2.24) is 15.3 Å². The van der Waals surface area contributed by atoms with Crippen LogP contribution in [0.4, 0.5) is 23.1 Å². The van der Waals surface area contributed by atoms with Gasteiger partial charge >= 0.3 is 0 Å². The molecule has 0 unspecified atom stereocenters. The summed E-state index contributed by atoms with van der Waals surface area (Å²) in [7, 11) is 1.59. The van der Waals surface area contributed by atoms with Crippen molar-refractivity contribution in [1.29, 1.82) is 0 Å². The monoisotopic (exact) mass is 382 g/mol. The number of carbonyl (C=O) groups is 1. The number of hydrogen-bond donors (Lipinski definition) is 3. The minimum Gasteiger partial charge on any atom is -0.495 e. The van der Waals surface area contributed by atoms with Crippen LogP contribution in [0.3, 0.4) is 0 Å². The third-order valence-corrected chi connectivity index (χ3v) is 5.82. The van der Waals surface area contributed by atoms with Gasteiger partial charge in [0.2, 0.25) is 11.9 Å². The van der Waals surface area contributed by atoms with Crippen molar-refractivity contribution >= 4 is 29.0 Å². The van der Waals surface area contributed by atoms with Gasteiger partial charge in [0.15, 0.2) is 0 Å². The van der Waals surface area contributed by atoms with E-state index in [9.17, 15) is 4.79 Å². The second-order valence-corrected chi connectivity index (χ2v) is 7.56. The molecule has 0 saturated carbocycles. The second kappa shape index (κ2) is 7.18. The Balaban J connectivity index is 1.50. The highest BCUT2D eigenvalue weighted by atomic mass is 16.5. The van der Waals surface area contributed by atoms with Gasteiger partial charge in [-0.1, -0.05) is 0 Å². The van der Waals surface area contributed by atoms with Crippen molar-refractivity contribution in [3.05, 3.63) is 30.0 Å². The summed E-state index contributed by atoms with van der Waals surface area (Å²) >= 11 is 0. The Morgan fingerprint density at radius 2 is 2.07 bits per heavy atom. The molecule has 0 radical (unpaired) electrons. The SMILES string of the molecule is COc1ccc(Nc2ncc(C)c(N3CCC4(CCNC4=O)CC3)n2)cc1N. The molecule has 4 N–H and O–H groups in total. The van der Waals surface area contributed by atoms with Gasteiger partial charge in [0.25, 0.3) is 0 Å². The molecule has 28 heavy (non-hydrogen) atoms. The van der Waals surface area contributed by atoms with Gasteiger partial charge in [0.1, 0.15) is 11.6 Å². The van der Waals surface area contributed by atoms with Crippen LogP contribution in [0, 0.1) is 12.3 Å². The molecule has 2 saturated heterocycles. The van der Waals surface area contributed by atoms with Crippen molar-refractivity contribution in [2.24, 2.45) is 5.41 Å². The molecular weight excluding hydrogens is 356 g/mol. The summed E-state index contributed by atoms with van der Waals surface area (Å²) in [5.74, 6) is 2.27. The smallest absolute Gasteiger partial charge is 0.229 e. The molecule has 8 heteroatoms. The number of aryl methyl sites for hydroxylation is 1. The van der Waals surface area contributed by atoms with Crippen LogP contribution in [0.1, 0.15) is 24.8 Å².